The highest BCUT2D eigenvalue weighted by Gasteiger charge is 2.26. The topological polar surface area (TPSA) is 52.3 Å². The third kappa shape index (κ3) is 2.56. The van der Waals surface area contributed by atoms with Gasteiger partial charge in [0.25, 0.3) is 0 Å². The highest BCUT2D eigenvalue weighted by atomic mass is 35.5. The van der Waals surface area contributed by atoms with E-state index in [2.05, 4.69) is 0 Å². The fraction of sp³-hybridized carbons (Fsp3) is 0.133. The molecule has 0 bridgehead atoms. The van der Waals surface area contributed by atoms with Gasteiger partial charge in [-0.2, -0.15) is 0 Å². The maximum Gasteiger partial charge on any atom is 0.170 e. The first kappa shape index (κ1) is 13.4. The van der Waals surface area contributed by atoms with Gasteiger partial charge < -0.3 is 10.5 Å². The maximum absolute atomic E-state index is 12.0. The minimum atomic E-state index is -0.215. The SMILES string of the molecule is Cl.Nc1ccc([C@H]2CC(=O)c3ccccc3O2)cc1. The van der Waals surface area contributed by atoms with Crippen LogP contribution in [0.5, 0.6) is 5.75 Å². The van der Waals surface area contributed by atoms with Crippen molar-refractivity contribution in [3.8, 4) is 5.75 Å². The lowest BCUT2D eigenvalue weighted by atomic mass is 9.96. The molecule has 3 rings (SSSR count). The molecular weight excluding hydrogens is 262 g/mol. The average Bonchev–Trinajstić information content (AvgIpc) is 2.39. The molecule has 4 heteroatoms. The van der Waals surface area contributed by atoms with Gasteiger partial charge in [0, 0.05) is 5.69 Å². The van der Waals surface area contributed by atoms with Gasteiger partial charge in [0.1, 0.15) is 11.9 Å². The van der Waals surface area contributed by atoms with Crippen molar-refractivity contribution in [3.05, 3.63) is 59.7 Å². The van der Waals surface area contributed by atoms with E-state index < -0.39 is 0 Å². The number of hydrogen-bond donors (Lipinski definition) is 1. The second-order valence-electron chi connectivity index (χ2n) is 4.40. The summed E-state index contributed by atoms with van der Waals surface area (Å²) < 4.78 is 5.87. The Balaban J connectivity index is 0.00000133. The van der Waals surface area contributed by atoms with Crippen molar-refractivity contribution in [3.63, 3.8) is 0 Å². The number of rotatable bonds is 1. The summed E-state index contributed by atoms with van der Waals surface area (Å²) in [6, 6.07) is 14.8. The van der Waals surface area contributed by atoms with Gasteiger partial charge in [0.15, 0.2) is 5.78 Å². The number of halogens is 1. The molecule has 2 aromatic rings. The largest absolute Gasteiger partial charge is 0.484 e. The van der Waals surface area contributed by atoms with E-state index in [1.54, 1.807) is 6.07 Å². The van der Waals surface area contributed by atoms with Crippen molar-refractivity contribution in [1.29, 1.82) is 0 Å². The van der Waals surface area contributed by atoms with E-state index in [1.165, 1.54) is 0 Å². The van der Waals surface area contributed by atoms with Crippen LogP contribution in [-0.2, 0) is 0 Å². The number of para-hydroxylation sites is 1. The number of nitrogen functional groups attached to an aromatic ring is 1. The number of Topliss-reactive ketones (excluding diaryl/α,β-unsaturated/α-hetero) is 1. The molecule has 0 radical (unpaired) electrons. The standard InChI is InChI=1S/C15H13NO2.ClH/c16-11-7-5-10(6-8-11)15-9-13(17)12-3-1-2-4-14(12)18-15;/h1-8,15H,9,16H2;1H/t15-;/m1./s1. The molecule has 0 amide bonds. The number of carbonyl (C=O) groups is 1. The molecule has 1 aliphatic heterocycles. The van der Waals surface area contributed by atoms with Gasteiger partial charge in [0.2, 0.25) is 0 Å². The van der Waals surface area contributed by atoms with Gasteiger partial charge in [-0.1, -0.05) is 24.3 Å². The number of fused-ring (bicyclic) bond motifs is 1. The normalized spacial score (nSPS) is 17.1. The van der Waals surface area contributed by atoms with E-state index in [-0.39, 0.29) is 24.3 Å². The van der Waals surface area contributed by atoms with Crippen molar-refractivity contribution in [2.75, 3.05) is 5.73 Å². The first-order valence-corrected chi connectivity index (χ1v) is 5.88. The van der Waals surface area contributed by atoms with E-state index in [1.807, 2.05) is 42.5 Å². The molecule has 0 saturated carbocycles. The lowest BCUT2D eigenvalue weighted by molar-refractivity contribution is 0.0850. The monoisotopic (exact) mass is 275 g/mol. The number of ether oxygens (including phenoxy) is 1. The van der Waals surface area contributed by atoms with Gasteiger partial charge in [-0.3, -0.25) is 4.79 Å². The third-order valence-electron chi connectivity index (χ3n) is 3.14. The van der Waals surface area contributed by atoms with Crippen molar-refractivity contribution in [1.82, 2.24) is 0 Å². The zero-order valence-electron chi connectivity index (χ0n) is 10.2. The second kappa shape index (κ2) is 5.33. The average molecular weight is 276 g/mol. The summed E-state index contributed by atoms with van der Waals surface area (Å²) in [6.45, 7) is 0. The summed E-state index contributed by atoms with van der Waals surface area (Å²) in [4.78, 5) is 12.0. The molecule has 0 spiro atoms. The smallest absolute Gasteiger partial charge is 0.170 e. The van der Waals surface area contributed by atoms with E-state index >= 15 is 0 Å². The predicted molar refractivity (Wildman–Crippen MR) is 76.9 cm³/mol. The Morgan fingerprint density at radius 2 is 1.74 bits per heavy atom. The molecule has 2 aromatic carbocycles. The number of benzene rings is 2. The van der Waals surface area contributed by atoms with E-state index in [4.69, 9.17) is 10.5 Å². The molecule has 19 heavy (non-hydrogen) atoms. The minimum Gasteiger partial charge on any atom is -0.484 e. The summed E-state index contributed by atoms with van der Waals surface area (Å²) in [5, 5.41) is 0. The summed E-state index contributed by atoms with van der Waals surface area (Å²) in [5.41, 5.74) is 8.01. The molecule has 1 aliphatic rings. The second-order valence-corrected chi connectivity index (χ2v) is 4.40. The fourth-order valence-corrected chi connectivity index (χ4v) is 2.17. The van der Waals surface area contributed by atoms with Crippen LogP contribution in [0.4, 0.5) is 5.69 Å². The molecule has 0 saturated heterocycles. The summed E-state index contributed by atoms with van der Waals surface area (Å²) >= 11 is 0. The summed E-state index contributed by atoms with van der Waals surface area (Å²) in [5.74, 6) is 0.786. The quantitative estimate of drug-likeness (QED) is 0.812. The van der Waals surface area contributed by atoms with Crippen LogP contribution in [0.1, 0.15) is 28.4 Å². The van der Waals surface area contributed by atoms with Crippen LogP contribution in [0.2, 0.25) is 0 Å². The van der Waals surface area contributed by atoms with Crippen LogP contribution in [0.25, 0.3) is 0 Å². The first-order chi connectivity index (χ1) is 8.74. The minimum absolute atomic E-state index is 0. The molecule has 0 aliphatic carbocycles. The third-order valence-corrected chi connectivity index (χ3v) is 3.14. The van der Waals surface area contributed by atoms with Gasteiger partial charge in [-0.25, -0.2) is 0 Å². The summed E-state index contributed by atoms with van der Waals surface area (Å²) in [6.07, 6.45) is 0.161. The number of carbonyl (C=O) groups excluding carboxylic acids is 1. The highest BCUT2D eigenvalue weighted by Crippen LogP contribution is 2.34. The number of anilines is 1. The maximum atomic E-state index is 12.0. The molecule has 1 atom stereocenters. The predicted octanol–water partition coefficient (Wildman–Crippen LogP) is 3.40. The number of hydrogen-bond acceptors (Lipinski definition) is 3. The van der Waals surface area contributed by atoms with Crippen molar-refractivity contribution in [2.24, 2.45) is 0 Å². The first-order valence-electron chi connectivity index (χ1n) is 5.88. The van der Waals surface area contributed by atoms with Crippen LogP contribution in [0, 0.1) is 0 Å². The van der Waals surface area contributed by atoms with Crippen LogP contribution in [0.3, 0.4) is 0 Å². The molecule has 0 aromatic heterocycles. The Morgan fingerprint density at radius 3 is 2.47 bits per heavy atom. The molecule has 98 valence electrons. The molecule has 0 unspecified atom stereocenters. The molecule has 3 nitrogen and oxygen atoms in total. The van der Waals surface area contributed by atoms with E-state index in [0.717, 1.165) is 5.56 Å². The van der Waals surface area contributed by atoms with Gasteiger partial charge in [0.05, 0.1) is 12.0 Å². The summed E-state index contributed by atoms with van der Waals surface area (Å²) in [7, 11) is 0. The molecular formula is C15H14ClNO2. The number of ketones is 1. The molecule has 0 fully saturated rings. The van der Waals surface area contributed by atoms with E-state index in [0.29, 0.717) is 23.4 Å². The van der Waals surface area contributed by atoms with E-state index in [9.17, 15) is 4.79 Å². The van der Waals surface area contributed by atoms with Crippen molar-refractivity contribution in [2.45, 2.75) is 12.5 Å². The lowest BCUT2D eigenvalue weighted by Crippen LogP contribution is -2.20. The Morgan fingerprint density at radius 1 is 1.05 bits per heavy atom. The van der Waals surface area contributed by atoms with Gasteiger partial charge in [-0.15, -0.1) is 12.4 Å². The molecule has 1 heterocycles. The Labute approximate surface area is 117 Å². The van der Waals surface area contributed by atoms with Crippen LogP contribution < -0.4 is 10.5 Å². The van der Waals surface area contributed by atoms with Crippen LogP contribution in [-0.4, -0.2) is 5.78 Å². The lowest BCUT2D eigenvalue weighted by Gasteiger charge is -2.25. The van der Waals surface area contributed by atoms with Crippen LogP contribution >= 0.6 is 12.4 Å². The zero-order chi connectivity index (χ0) is 12.5. The zero-order valence-corrected chi connectivity index (χ0v) is 11.0. The highest BCUT2D eigenvalue weighted by molar-refractivity contribution is 5.99. The Kier molecular flexibility index (Phi) is 3.76. The van der Waals surface area contributed by atoms with Gasteiger partial charge in [-0.05, 0) is 29.8 Å². The van der Waals surface area contributed by atoms with Crippen LogP contribution in [0.15, 0.2) is 48.5 Å². The van der Waals surface area contributed by atoms with Crippen molar-refractivity contribution < 1.29 is 9.53 Å². The Bertz CT molecular complexity index is 595. The van der Waals surface area contributed by atoms with Gasteiger partial charge >= 0.3 is 0 Å². The van der Waals surface area contributed by atoms with Crippen molar-refractivity contribution >= 4 is 23.9 Å². The Hall–Kier alpha value is -2.00. The fourth-order valence-electron chi connectivity index (χ4n) is 2.17. The molecule has 2 N–H and O–H groups in total. The number of nitrogens with two attached hydrogens (primary N) is 1.